The van der Waals surface area contributed by atoms with Crippen LogP contribution in [0.5, 0.6) is 0 Å². The zero-order chi connectivity index (χ0) is 8.88. The highest BCUT2D eigenvalue weighted by molar-refractivity contribution is 5.82. The van der Waals surface area contributed by atoms with Crippen molar-refractivity contribution < 1.29 is 4.79 Å². The predicted molar refractivity (Wildman–Crippen MR) is 47.7 cm³/mol. The fraction of sp³-hybridized carbons (Fsp3) is 0.900. The maximum absolute atomic E-state index is 11.7. The highest BCUT2D eigenvalue weighted by atomic mass is 16.2. The molecule has 0 aromatic carbocycles. The van der Waals surface area contributed by atoms with Crippen molar-refractivity contribution in [3.63, 3.8) is 0 Å². The summed E-state index contributed by atoms with van der Waals surface area (Å²) in [5, 5.41) is 0. The molecular weight excluding hydrogens is 150 g/mol. The van der Waals surface area contributed by atoms with Gasteiger partial charge >= 0.3 is 0 Å². The van der Waals surface area contributed by atoms with Crippen LogP contribution in [0.2, 0.25) is 0 Å². The predicted octanol–water partition coefficient (Wildman–Crippen LogP) is 1.65. The Hall–Kier alpha value is -0.530. The summed E-state index contributed by atoms with van der Waals surface area (Å²) in [6.45, 7) is 6.45. The number of carbonyl (C=O) groups excluding carboxylic acids is 1. The van der Waals surface area contributed by atoms with E-state index in [1.807, 2.05) is 0 Å². The molecule has 2 unspecified atom stereocenters. The van der Waals surface area contributed by atoms with Gasteiger partial charge in [0.2, 0.25) is 5.91 Å². The van der Waals surface area contributed by atoms with Gasteiger partial charge in [-0.2, -0.15) is 0 Å². The summed E-state index contributed by atoms with van der Waals surface area (Å²) in [4.78, 5) is 13.8. The summed E-state index contributed by atoms with van der Waals surface area (Å²) in [7, 11) is 0. The van der Waals surface area contributed by atoms with Crippen LogP contribution < -0.4 is 0 Å². The lowest BCUT2D eigenvalue weighted by Gasteiger charge is -2.45. The summed E-state index contributed by atoms with van der Waals surface area (Å²) in [6, 6.07) is 1.00. The molecule has 1 aliphatic carbocycles. The third-order valence-electron chi connectivity index (χ3n) is 3.31. The minimum absolute atomic E-state index is 0.371. The number of likely N-dealkylation sites (tertiary alicyclic amines) is 1. The Balaban J connectivity index is 1.95. The average molecular weight is 167 g/mol. The van der Waals surface area contributed by atoms with Gasteiger partial charge in [0.1, 0.15) is 0 Å². The summed E-state index contributed by atoms with van der Waals surface area (Å²) in [6.07, 6.45) is 2.31. The third-order valence-corrected chi connectivity index (χ3v) is 3.31. The number of carbonyl (C=O) groups is 1. The molecular formula is C10H17NO. The molecule has 0 aromatic heterocycles. The van der Waals surface area contributed by atoms with Crippen LogP contribution in [-0.4, -0.2) is 22.9 Å². The normalized spacial score (nSPS) is 45.4. The van der Waals surface area contributed by atoms with Crippen LogP contribution in [0.25, 0.3) is 0 Å². The van der Waals surface area contributed by atoms with Crippen molar-refractivity contribution in [1.29, 1.82) is 0 Å². The lowest BCUT2D eigenvalue weighted by molar-refractivity contribution is -0.144. The van der Waals surface area contributed by atoms with E-state index in [9.17, 15) is 4.79 Å². The lowest BCUT2D eigenvalue weighted by Crippen LogP contribution is -2.56. The fourth-order valence-corrected chi connectivity index (χ4v) is 2.31. The van der Waals surface area contributed by atoms with Crippen LogP contribution in [0.3, 0.4) is 0 Å². The van der Waals surface area contributed by atoms with E-state index < -0.39 is 0 Å². The maximum Gasteiger partial charge on any atom is 0.226 e. The van der Waals surface area contributed by atoms with E-state index in [1.54, 1.807) is 0 Å². The molecule has 0 aromatic rings. The van der Waals surface area contributed by atoms with Crippen LogP contribution in [0.4, 0.5) is 0 Å². The first kappa shape index (κ1) is 8.09. The van der Waals surface area contributed by atoms with Gasteiger partial charge in [-0.1, -0.05) is 6.92 Å². The molecule has 2 aliphatic rings. The molecule has 2 nitrogen and oxygen atoms in total. The van der Waals surface area contributed by atoms with E-state index in [-0.39, 0.29) is 0 Å². The summed E-state index contributed by atoms with van der Waals surface area (Å²) >= 11 is 0. The van der Waals surface area contributed by atoms with Gasteiger partial charge in [-0.15, -0.1) is 0 Å². The summed E-state index contributed by atoms with van der Waals surface area (Å²) < 4.78 is 0. The van der Waals surface area contributed by atoms with Crippen LogP contribution in [-0.2, 0) is 4.79 Å². The molecule has 1 saturated heterocycles. The third kappa shape index (κ3) is 1.05. The highest BCUT2D eigenvalue weighted by Gasteiger charge is 2.46. The minimum atomic E-state index is 0.371. The van der Waals surface area contributed by atoms with Crippen molar-refractivity contribution >= 4 is 5.91 Å². The number of hydrogen-bond donors (Lipinski definition) is 0. The molecule has 0 bridgehead atoms. The van der Waals surface area contributed by atoms with Gasteiger partial charge in [-0.25, -0.2) is 0 Å². The van der Waals surface area contributed by atoms with Crippen molar-refractivity contribution in [2.75, 3.05) is 0 Å². The first-order chi connectivity index (χ1) is 5.61. The standard InChI is InChI=1S/C10H17NO/c1-6-4-9(6)10(12)11-7(2)5-8(11)3/h6-9H,4-5H2,1-3H3/t6-,7?,8?,9-/m0/s1. The van der Waals surface area contributed by atoms with Gasteiger partial charge in [-0.3, -0.25) is 4.79 Å². The molecule has 0 spiro atoms. The van der Waals surface area contributed by atoms with E-state index in [0.29, 0.717) is 29.8 Å². The molecule has 2 fully saturated rings. The molecule has 1 aliphatic heterocycles. The van der Waals surface area contributed by atoms with E-state index in [0.717, 1.165) is 6.42 Å². The largest absolute Gasteiger partial charge is 0.337 e. The summed E-state index contributed by atoms with van der Waals surface area (Å²) in [5.74, 6) is 1.43. The van der Waals surface area contributed by atoms with Gasteiger partial charge in [0, 0.05) is 18.0 Å². The first-order valence-corrected chi connectivity index (χ1v) is 4.93. The Kier molecular flexibility index (Phi) is 1.67. The van der Waals surface area contributed by atoms with Crippen molar-refractivity contribution in [2.45, 2.75) is 45.7 Å². The molecule has 4 atom stereocenters. The van der Waals surface area contributed by atoms with Gasteiger partial charge in [0.15, 0.2) is 0 Å². The van der Waals surface area contributed by atoms with Crippen molar-refractivity contribution in [2.24, 2.45) is 11.8 Å². The van der Waals surface area contributed by atoms with Crippen molar-refractivity contribution in [3.8, 4) is 0 Å². The van der Waals surface area contributed by atoms with Crippen LogP contribution in [0.15, 0.2) is 0 Å². The van der Waals surface area contributed by atoms with E-state index in [2.05, 4.69) is 25.7 Å². The Morgan fingerprint density at radius 3 is 2.00 bits per heavy atom. The van der Waals surface area contributed by atoms with E-state index in [4.69, 9.17) is 0 Å². The molecule has 0 N–H and O–H groups in total. The second-order valence-corrected chi connectivity index (χ2v) is 4.50. The Labute approximate surface area is 73.9 Å². The number of hydrogen-bond acceptors (Lipinski definition) is 1. The number of amides is 1. The topological polar surface area (TPSA) is 20.3 Å². The molecule has 2 rings (SSSR count). The van der Waals surface area contributed by atoms with Crippen molar-refractivity contribution in [1.82, 2.24) is 4.90 Å². The molecule has 1 amide bonds. The van der Waals surface area contributed by atoms with Gasteiger partial charge < -0.3 is 4.90 Å². The monoisotopic (exact) mass is 167 g/mol. The fourth-order valence-electron chi connectivity index (χ4n) is 2.31. The van der Waals surface area contributed by atoms with Crippen molar-refractivity contribution in [3.05, 3.63) is 0 Å². The molecule has 0 radical (unpaired) electrons. The van der Waals surface area contributed by atoms with Gasteiger partial charge in [-0.05, 0) is 32.6 Å². The molecule has 68 valence electrons. The maximum atomic E-state index is 11.7. The second-order valence-electron chi connectivity index (χ2n) is 4.50. The SMILES string of the molecule is CC1CC(C)N1C(=O)[C@H]1C[C@@H]1C. The van der Waals surface area contributed by atoms with Gasteiger partial charge in [0.05, 0.1) is 0 Å². The average Bonchev–Trinajstić information content (AvgIpc) is 2.66. The lowest BCUT2D eigenvalue weighted by atomic mass is 9.95. The highest BCUT2D eigenvalue weighted by Crippen LogP contribution is 2.42. The van der Waals surface area contributed by atoms with Crippen LogP contribution >= 0.6 is 0 Å². The quantitative estimate of drug-likeness (QED) is 0.581. The Bertz CT molecular complexity index is 206. The van der Waals surface area contributed by atoms with E-state index >= 15 is 0 Å². The molecule has 1 heterocycles. The van der Waals surface area contributed by atoms with E-state index in [1.165, 1.54) is 6.42 Å². The Morgan fingerprint density at radius 2 is 1.67 bits per heavy atom. The number of nitrogens with zero attached hydrogens (tertiary/aromatic N) is 1. The first-order valence-electron chi connectivity index (χ1n) is 4.93. The van der Waals surface area contributed by atoms with Crippen LogP contribution in [0, 0.1) is 11.8 Å². The minimum Gasteiger partial charge on any atom is -0.337 e. The molecule has 2 heteroatoms. The summed E-state index contributed by atoms with van der Waals surface area (Å²) in [5.41, 5.74) is 0. The Morgan fingerprint density at radius 1 is 1.17 bits per heavy atom. The molecule has 1 saturated carbocycles. The van der Waals surface area contributed by atoms with Gasteiger partial charge in [0.25, 0.3) is 0 Å². The molecule has 12 heavy (non-hydrogen) atoms. The zero-order valence-corrected chi connectivity index (χ0v) is 8.08. The zero-order valence-electron chi connectivity index (χ0n) is 8.08. The second kappa shape index (κ2) is 2.48. The number of rotatable bonds is 1. The smallest absolute Gasteiger partial charge is 0.226 e. The van der Waals surface area contributed by atoms with Crippen LogP contribution in [0.1, 0.15) is 33.6 Å².